The van der Waals surface area contributed by atoms with Crippen molar-refractivity contribution in [3.8, 4) is 17.0 Å². The summed E-state index contributed by atoms with van der Waals surface area (Å²) < 4.78 is 20.2. The molecule has 1 aliphatic carbocycles. The van der Waals surface area contributed by atoms with E-state index in [1.165, 1.54) is 6.33 Å². The number of hydrogen-bond donors (Lipinski definition) is 2. The molecule has 0 spiro atoms. The van der Waals surface area contributed by atoms with Crippen LogP contribution in [-0.2, 0) is 4.79 Å². The Morgan fingerprint density at radius 1 is 1.33 bits per heavy atom. The van der Waals surface area contributed by atoms with Gasteiger partial charge in [-0.05, 0) is 30.7 Å². The third kappa shape index (κ3) is 2.50. The lowest BCUT2D eigenvalue weighted by molar-refractivity contribution is -0.117. The lowest BCUT2D eigenvalue weighted by Gasteiger charge is -2.09. The van der Waals surface area contributed by atoms with E-state index in [2.05, 4.69) is 25.4 Å². The minimum atomic E-state index is -1.04. The van der Waals surface area contributed by atoms with E-state index in [0.29, 0.717) is 23.0 Å². The van der Waals surface area contributed by atoms with Gasteiger partial charge in [0.2, 0.25) is 11.8 Å². The van der Waals surface area contributed by atoms with Gasteiger partial charge in [0.1, 0.15) is 24.0 Å². The molecule has 0 saturated heterocycles. The monoisotopic (exact) mass is 366 g/mol. The number of fused-ring (bicyclic) bond motifs is 2. The number of ether oxygens (including phenoxy) is 1. The fourth-order valence-electron chi connectivity index (χ4n) is 3.22. The van der Waals surface area contributed by atoms with Gasteiger partial charge in [0.25, 0.3) is 0 Å². The number of anilines is 1. The summed E-state index contributed by atoms with van der Waals surface area (Å²) in [7, 11) is 1.58. The van der Waals surface area contributed by atoms with Crippen LogP contribution in [0.15, 0.2) is 36.8 Å². The third-order valence-corrected chi connectivity index (χ3v) is 4.72. The van der Waals surface area contributed by atoms with E-state index in [0.717, 1.165) is 16.5 Å². The number of carbonyl (C=O) groups is 1. The molecule has 27 heavy (non-hydrogen) atoms. The maximum Gasteiger partial charge on any atom is 0.231 e. The number of aromatic amines is 1. The van der Waals surface area contributed by atoms with Crippen LogP contribution in [0.4, 0.5) is 10.2 Å². The summed E-state index contributed by atoms with van der Waals surface area (Å²) in [6, 6.07) is 7.33. The molecule has 0 aliphatic heterocycles. The molecule has 4 aromatic rings. The third-order valence-electron chi connectivity index (χ3n) is 4.72. The Morgan fingerprint density at radius 3 is 2.96 bits per heavy atom. The first kappa shape index (κ1) is 15.7. The van der Waals surface area contributed by atoms with Gasteiger partial charge in [-0.2, -0.15) is 9.61 Å². The Bertz CT molecular complexity index is 1180. The molecule has 5 rings (SSSR count). The molecule has 0 aromatic carbocycles. The molecule has 0 radical (unpaired) electrons. The summed E-state index contributed by atoms with van der Waals surface area (Å²) in [4.78, 5) is 23.6. The molecule has 1 amide bonds. The highest BCUT2D eigenvalue weighted by Gasteiger charge is 2.43. The van der Waals surface area contributed by atoms with Gasteiger partial charge >= 0.3 is 0 Å². The summed E-state index contributed by atoms with van der Waals surface area (Å²) >= 11 is 0. The van der Waals surface area contributed by atoms with Crippen LogP contribution in [0.5, 0.6) is 5.88 Å². The first-order valence-corrected chi connectivity index (χ1v) is 8.46. The molecule has 1 fully saturated rings. The number of nitrogens with zero attached hydrogens (tertiary/aromatic N) is 4. The molecule has 0 bridgehead atoms. The van der Waals surface area contributed by atoms with E-state index in [1.54, 1.807) is 17.7 Å². The minimum absolute atomic E-state index is 0.283. The number of H-pyrrole nitrogens is 1. The Balaban J connectivity index is 1.54. The van der Waals surface area contributed by atoms with Crippen molar-refractivity contribution in [2.24, 2.45) is 5.92 Å². The number of alkyl halides is 1. The van der Waals surface area contributed by atoms with Gasteiger partial charge in [-0.1, -0.05) is 0 Å². The van der Waals surface area contributed by atoms with Crippen LogP contribution in [0.1, 0.15) is 6.42 Å². The van der Waals surface area contributed by atoms with Crippen LogP contribution in [0.2, 0.25) is 0 Å². The van der Waals surface area contributed by atoms with Gasteiger partial charge in [0, 0.05) is 22.7 Å². The Hall–Kier alpha value is -3.49. The Labute approximate surface area is 152 Å². The van der Waals surface area contributed by atoms with Gasteiger partial charge in [-0.3, -0.25) is 4.79 Å². The van der Waals surface area contributed by atoms with Crippen molar-refractivity contribution < 1.29 is 13.9 Å². The van der Waals surface area contributed by atoms with Crippen molar-refractivity contribution in [3.63, 3.8) is 0 Å². The first-order chi connectivity index (χ1) is 13.2. The highest BCUT2D eigenvalue weighted by Crippen LogP contribution is 2.36. The molecule has 2 unspecified atom stereocenters. The quantitative estimate of drug-likeness (QED) is 0.579. The lowest BCUT2D eigenvalue weighted by atomic mass is 10.1. The number of halogens is 1. The molecule has 2 N–H and O–H groups in total. The highest BCUT2D eigenvalue weighted by atomic mass is 19.1. The highest BCUT2D eigenvalue weighted by molar-refractivity contribution is 5.98. The van der Waals surface area contributed by atoms with E-state index >= 15 is 0 Å². The topological polar surface area (TPSA) is 97.2 Å². The van der Waals surface area contributed by atoms with Crippen molar-refractivity contribution in [3.05, 3.63) is 36.8 Å². The van der Waals surface area contributed by atoms with Crippen LogP contribution in [0.25, 0.3) is 27.8 Å². The SMILES string of the molecule is COc1c(-c2c[nH]c3nc(NC(=O)C4CC4F)ccc23)ccc2ncnn12. The molecule has 136 valence electrons. The number of aromatic nitrogens is 5. The van der Waals surface area contributed by atoms with E-state index in [1.807, 2.05) is 24.4 Å². The molecule has 4 aromatic heterocycles. The predicted molar refractivity (Wildman–Crippen MR) is 96.3 cm³/mol. The van der Waals surface area contributed by atoms with Gasteiger partial charge in [0.05, 0.1) is 13.0 Å². The fraction of sp³-hybridized carbons (Fsp3) is 0.222. The largest absolute Gasteiger partial charge is 0.480 e. The van der Waals surface area contributed by atoms with Crippen LogP contribution in [0.3, 0.4) is 0 Å². The van der Waals surface area contributed by atoms with E-state index in [9.17, 15) is 9.18 Å². The molecule has 1 saturated carbocycles. The van der Waals surface area contributed by atoms with Crippen molar-refractivity contribution in [1.82, 2.24) is 24.6 Å². The summed E-state index contributed by atoms with van der Waals surface area (Å²) in [5, 5.41) is 7.72. The lowest BCUT2D eigenvalue weighted by Crippen LogP contribution is -2.15. The van der Waals surface area contributed by atoms with Gasteiger partial charge in [-0.15, -0.1) is 0 Å². The van der Waals surface area contributed by atoms with Crippen LogP contribution in [0, 0.1) is 5.92 Å². The van der Waals surface area contributed by atoms with Crippen molar-refractivity contribution in [2.75, 3.05) is 12.4 Å². The summed E-state index contributed by atoms with van der Waals surface area (Å²) in [6.45, 7) is 0. The minimum Gasteiger partial charge on any atom is -0.480 e. The van der Waals surface area contributed by atoms with E-state index in [4.69, 9.17) is 4.74 Å². The zero-order chi connectivity index (χ0) is 18.5. The van der Waals surface area contributed by atoms with Crippen molar-refractivity contribution >= 4 is 28.4 Å². The fourth-order valence-corrected chi connectivity index (χ4v) is 3.22. The Kier molecular flexibility index (Phi) is 3.36. The van der Waals surface area contributed by atoms with Crippen LogP contribution >= 0.6 is 0 Å². The summed E-state index contributed by atoms with van der Waals surface area (Å²) in [6.07, 6.45) is 2.54. The predicted octanol–water partition coefficient (Wildman–Crippen LogP) is 2.58. The second-order valence-corrected chi connectivity index (χ2v) is 6.43. The first-order valence-electron chi connectivity index (χ1n) is 8.46. The standard InChI is InChI=1S/C18H15FN6O2/c1-27-18-10(3-5-15-21-8-22-25(15)18)12-7-20-16-9(12)2-4-14(23-16)24-17(26)11-6-13(11)19/h2-5,7-8,11,13H,6H2,1H3,(H2,20,23,24,26). The van der Waals surface area contributed by atoms with E-state index < -0.39 is 12.1 Å². The molecule has 4 heterocycles. The van der Waals surface area contributed by atoms with E-state index in [-0.39, 0.29) is 12.3 Å². The average molecular weight is 366 g/mol. The van der Waals surface area contributed by atoms with Crippen LogP contribution in [-0.4, -0.2) is 43.8 Å². The maximum atomic E-state index is 13.0. The summed E-state index contributed by atoms with van der Waals surface area (Å²) in [5.41, 5.74) is 3.01. The van der Waals surface area contributed by atoms with Crippen molar-refractivity contribution in [2.45, 2.75) is 12.6 Å². The number of pyridine rings is 2. The number of amides is 1. The smallest absolute Gasteiger partial charge is 0.231 e. The number of methoxy groups -OCH3 is 1. The van der Waals surface area contributed by atoms with Crippen molar-refractivity contribution in [1.29, 1.82) is 0 Å². The molecule has 8 nitrogen and oxygen atoms in total. The zero-order valence-corrected chi connectivity index (χ0v) is 14.3. The summed E-state index contributed by atoms with van der Waals surface area (Å²) in [5.74, 6) is 0.0597. The number of nitrogens with one attached hydrogen (secondary N) is 2. The zero-order valence-electron chi connectivity index (χ0n) is 14.3. The number of carbonyl (C=O) groups excluding carboxylic acids is 1. The number of rotatable bonds is 4. The average Bonchev–Trinajstić information content (AvgIpc) is 3.07. The Morgan fingerprint density at radius 2 is 2.19 bits per heavy atom. The second-order valence-electron chi connectivity index (χ2n) is 6.43. The molecule has 9 heteroatoms. The maximum absolute atomic E-state index is 13.0. The van der Waals surface area contributed by atoms with Crippen LogP contribution < -0.4 is 10.1 Å². The molecule has 1 aliphatic rings. The molecule has 2 atom stereocenters. The molecular formula is C18H15FN6O2. The normalized spacial score (nSPS) is 18.7. The van der Waals surface area contributed by atoms with Gasteiger partial charge < -0.3 is 15.0 Å². The number of hydrogen-bond acceptors (Lipinski definition) is 5. The van der Waals surface area contributed by atoms with Gasteiger partial charge in [0.15, 0.2) is 5.65 Å². The van der Waals surface area contributed by atoms with Gasteiger partial charge in [-0.25, -0.2) is 14.4 Å². The second kappa shape index (κ2) is 5.76. The molecular weight excluding hydrogens is 351 g/mol.